The molecule has 0 bridgehead atoms. The first-order chi connectivity index (χ1) is 19.6. The van der Waals surface area contributed by atoms with E-state index in [0.717, 1.165) is 19.6 Å². The Morgan fingerprint density at radius 2 is 2.02 bits per heavy atom. The number of amides is 2. The number of alkyl halides is 1. The molecule has 2 aromatic heterocycles. The van der Waals surface area contributed by atoms with Crippen LogP contribution in [0.15, 0.2) is 36.7 Å². The van der Waals surface area contributed by atoms with Gasteiger partial charge in [-0.1, -0.05) is 0 Å². The predicted molar refractivity (Wildman–Crippen MR) is 168 cm³/mol. The van der Waals surface area contributed by atoms with Crippen LogP contribution in [-0.4, -0.2) is 73.3 Å². The number of hydrogen-bond donors (Lipinski definition) is 3. The van der Waals surface area contributed by atoms with Gasteiger partial charge in [-0.15, -0.1) is 0 Å². The second-order valence-electron chi connectivity index (χ2n) is 10.1. The number of aromatic nitrogens is 3. The molecule has 1 unspecified atom stereocenters. The van der Waals surface area contributed by atoms with E-state index in [1.165, 1.54) is 19.2 Å². The molecule has 2 atom stereocenters. The molecule has 0 spiro atoms. The van der Waals surface area contributed by atoms with Crippen LogP contribution in [0.5, 0.6) is 5.75 Å². The SMILES string of the molecule is C=I(CN1CCN[C@H](C)C1)(Oc1cc(C)c(C(=O)Nc2ccn(CC)n2)cc1C(=O)NC)c1cc(F)c(CC)cn1. The monoisotopic (exact) mass is 679 g/mol. The molecule has 0 saturated carbocycles. The van der Waals surface area contributed by atoms with E-state index in [0.29, 0.717) is 49.5 Å². The summed E-state index contributed by atoms with van der Waals surface area (Å²) in [5.41, 5.74) is 1.64. The zero-order chi connectivity index (χ0) is 29.7. The average molecular weight is 680 g/mol. The van der Waals surface area contributed by atoms with Crippen LogP contribution in [0, 0.1) is 16.4 Å². The minimum atomic E-state index is -3.83. The van der Waals surface area contributed by atoms with E-state index in [1.54, 1.807) is 36.1 Å². The Kier molecular flexibility index (Phi) is 9.87. The van der Waals surface area contributed by atoms with Crippen LogP contribution in [0.4, 0.5) is 10.2 Å². The van der Waals surface area contributed by atoms with Crippen molar-refractivity contribution in [2.45, 2.75) is 46.7 Å². The number of benzene rings is 1. The average Bonchev–Trinajstić information content (AvgIpc) is 3.40. The van der Waals surface area contributed by atoms with Crippen LogP contribution in [0.25, 0.3) is 0 Å². The van der Waals surface area contributed by atoms with E-state index in [-0.39, 0.29) is 17.4 Å². The van der Waals surface area contributed by atoms with E-state index in [1.807, 2.05) is 13.8 Å². The number of rotatable bonds is 10. The topological polar surface area (TPSA) is 113 Å². The van der Waals surface area contributed by atoms with Gasteiger partial charge in [0.1, 0.15) is 0 Å². The molecule has 12 heteroatoms. The van der Waals surface area contributed by atoms with Crippen LogP contribution in [0.1, 0.15) is 52.6 Å². The summed E-state index contributed by atoms with van der Waals surface area (Å²) < 4.78 is 29.0. The number of halogens is 2. The Morgan fingerprint density at radius 3 is 2.66 bits per heavy atom. The van der Waals surface area contributed by atoms with Gasteiger partial charge >= 0.3 is 245 Å². The van der Waals surface area contributed by atoms with E-state index < -0.39 is 30.2 Å². The summed E-state index contributed by atoms with van der Waals surface area (Å²) >= 11 is -3.83. The van der Waals surface area contributed by atoms with Crippen LogP contribution >= 0.6 is 18.4 Å². The molecule has 222 valence electrons. The third-order valence-electron chi connectivity index (χ3n) is 6.93. The summed E-state index contributed by atoms with van der Waals surface area (Å²) in [6, 6.07) is 6.65. The Balaban J connectivity index is 1.74. The number of anilines is 1. The van der Waals surface area contributed by atoms with E-state index >= 15 is 0 Å². The number of aryl methyl sites for hydroxylation is 3. The molecule has 41 heavy (non-hydrogen) atoms. The second kappa shape index (κ2) is 13.2. The van der Waals surface area contributed by atoms with E-state index in [4.69, 9.17) is 3.07 Å². The summed E-state index contributed by atoms with van der Waals surface area (Å²) in [6.45, 7) is 10.8. The van der Waals surface area contributed by atoms with Gasteiger partial charge in [0.25, 0.3) is 0 Å². The summed E-state index contributed by atoms with van der Waals surface area (Å²) in [7, 11) is 1.52. The van der Waals surface area contributed by atoms with Crippen molar-refractivity contribution < 1.29 is 17.0 Å². The molecule has 10 nitrogen and oxygen atoms in total. The number of carbonyl (C=O) groups is 2. The second-order valence-corrected chi connectivity index (χ2v) is 16.6. The van der Waals surface area contributed by atoms with Gasteiger partial charge in [0.05, 0.1) is 0 Å². The number of nitrogens with one attached hydrogen (secondary N) is 3. The van der Waals surface area contributed by atoms with Crippen LogP contribution < -0.4 is 19.0 Å². The molecule has 1 fully saturated rings. The number of nitrogens with zero attached hydrogens (tertiary/aromatic N) is 4. The van der Waals surface area contributed by atoms with Gasteiger partial charge < -0.3 is 0 Å². The summed E-state index contributed by atoms with van der Waals surface area (Å²) in [4.78, 5) is 33.2. The standard InChI is InChI=1S/C29H39FIN7O3/c1-7-21-16-34-26(15-24(21)30)31(5,18-37-12-10-33-20(4)17-37)41-25-13-19(3)22(14-23(25)28(39)32-6)29(40)35-27-9-11-38(8-2)36-27/h9,11,13-16,20,33H,5,7-8,10,12,17-18H2,1-4,6H3,(H,32,39)(H,35,36,40)/t20-/m1/s1. The van der Waals surface area contributed by atoms with Crippen molar-refractivity contribution in [2.75, 3.05) is 36.6 Å². The predicted octanol–water partition coefficient (Wildman–Crippen LogP) is 3.81. The Labute approximate surface area is 244 Å². The molecule has 1 aliphatic heterocycles. The van der Waals surface area contributed by atoms with Gasteiger partial charge in [-0.3, -0.25) is 0 Å². The minimum absolute atomic E-state index is 0.193. The summed E-state index contributed by atoms with van der Waals surface area (Å²) in [5, 5.41) is 13.2. The number of piperazine rings is 1. The first-order valence-electron chi connectivity index (χ1n) is 13.6. The fourth-order valence-corrected chi connectivity index (χ4v) is 10.3. The van der Waals surface area contributed by atoms with Crippen molar-refractivity contribution in [2.24, 2.45) is 0 Å². The van der Waals surface area contributed by atoms with Crippen molar-refractivity contribution in [1.82, 2.24) is 30.3 Å². The van der Waals surface area contributed by atoms with Crippen LogP contribution in [0.2, 0.25) is 0 Å². The van der Waals surface area contributed by atoms with Gasteiger partial charge in [0.15, 0.2) is 0 Å². The number of pyridine rings is 1. The Hall–Kier alpha value is -3.23. The van der Waals surface area contributed by atoms with Crippen LogP contribution in [0.3, 0.4) is 0 Å². The Morgan fingerprint density at radius 1 is 1.24 bits per heavy atom. The quantitative estimate of drug-likeness (QED) is 0.129. The van der Waals surface area contributed by atoms with E-state index in [9.17, 15) is 14.0 Å². The van der Waals surface area contributed by atoms with Crippen LogP contribution in [-0.2, 0) is 13.0 Å². The summed E-state index contributed by atoms with van der Waals surface area (Å²) in [6.07, 6.45) is 3.85. The maximum atomic E-state index is 15.0. The van der Waals surface area contributed by atoms with Crippen molar-refractivity contribution in [3.63, 3.8) is 0 Å². The van der Waals surface area contributed by atoms with Crippen molar-refractivity contribution >= 4 is 40.5 Å². The van der Waals surface area contributed by atoms with Gasteiger partial charge in [-0.2, -0.15) is 0 Å². The molecule has 1 saturated heterocycles. The number of carbonyl (C=O) groups excluding carboxylic acids is 2. The first-order valence-corrected chi connectivity index (χ1v) is 18.7. The fraction of sp³-hybridized carbons (Fsp3) is 0.414. The zero-order valence-electron chi connectivity index (χ0n) is 24.3. The number of hydrogen-bond acceptors (Lipinski definition) is 7. The molecular formula is C29H39FIN7O3. The van der Waals surface area contributed by atoms with Gasteiger partial charge in [-0.05, 0) is 0 Å². The van der Waals surface area contributed by atoms with E-state index in [2.05, 4.69) is 42.4 Å². The molecule has 0 aliphatic carbocycles. The Bertz CT molecular complexity index is 1470. The molecular weight excluding hydrogens is 640 g/mol. The van der Waals surface area contributed by atoms with Crippen molar-refractivity contribution in [3.8, 4) is 5.75 Å². The van der Waals surface area contributed by atoms with Gasteiger partial charge in [-0.25, -0.2) is 0 Å². The van der Waals surface area contributed by atoms with Crippen molar-refractivity contribution in [1.29, 1.82) is 0 Å². The maximum absolute atomic E-state index is 15.0. The third kappa shape index (κ3) is 7.16. The molecule has 3 aromatic rings. The molecule has 3 heterocycles. The van der Waals surface area contributed by atoms with Crippen molar-refractivity contribution in [3.05, 3.63) is 68.4 Å². The fourth-order valence-electron chi connectivity index (χ4n) is 4.65. The summed E-state index contributed by atoms with van der Waals surface area (Å²) in [5.74, 6) is -0.435. The first kappa shape index (κ1) is 30.7. The molecule has 3 N–H and O–H groups in total. The molecule has 0 radical (unpaired) electrons. The normalized spacial score (nSPS) is 17.9. The zero-order valence-corrected chi connectivity index (χ0v) is 26.4. The molecule has 1 aliphatic rings. The van der Waals surface area contributed by atoms with Gasteiger partial charge in [0.2, 0.25) is 0 Å². The molecule has 4 rings (SSSR count). The third-order valence-corrected chi connectivity index (χ3v) is 12.9. The molecule has 2 amide bonds. The molecule has 1 aromatic carbocycles. The van der Waals surface area contributed by atoms with Gasteiger partial charge in [0, 0.05) is 0 Å².